The average molecular weight is 596 g/mol. The van der Waals surface area contributed by atoms with Crippen LogP contribution in [0.25, 0.3) is 0 Å². The predicted octanol–water partition coefficient (Wildman–Crippen LogP) is 5.85. The van der Waals surface area contributed by atoms with Gasteiger partial charge in [0.25, 0.3) is 5.91 Å². The summed E-state index contributed by atoms with van der Waals surface area (Å²) in [6, 6.07) is -1.10. The van der Waals surface area contributed by atoms with Crippen molar-refractivity contribution in [3.63, 3.8) is 0 Å². The van der Waals surface area contributed by atoms with Gasteiger partial charge in [-0.05, 0) is 70.4 Å². The summed E-state index contributed by atoms with van der Waals surface area (Å²) in [5.41, 5.74) is -1.37. The predicted molar refractivity (Wildman–Crippen MR) is 173 cm³/mol. The largest absolute Gasteiger partial charge is 0.340 e. The first-order valence-corrected chi connectivity index (χ1v) is 15.6. The maximum atomic E-state index is 12.9. The molecule has 0 radical (unpaired) electrons. The third kappa shape index (κ3) is 17.6. The molecule has 0 aromatic rings. The summed E-state index contributed by atoms with van der Waals surface area (Å²) < 4.78 is 2.74. The molecular formula is C31H57N5O4S. The molecule has 0 spiro atoms. The number of rotatable bonds is 9. The van der Waals surface area contributed by atoms with E-state index < -0.39 is 23.2 Å². The van der Waals surface area contributed by atoms with Gasteiger partial charge in [-0.1, -0.05) is 80.2 Å². The highest BCUT2D eigenvalue weighted by Gasteiger charge is 2.52. The molecule has 0 bridgehead atoms. The van der Waals surface area contributed by atoms with Crippen LogP contribution >= 0.6 is 11.9 Å². The van der Waals surface area contributed by atoms with Gasteiger partial charge in [-0.25, -0.2) is 4.79 Å². The molecule has 0 aromatic carbocycles. The summed E-state index contributed by atoms with van der Waals surface area (Å²) >= 11 is 1.11. The fourth-order valence-corrected chi connectivity index (χ4v) is 3.95. The van der Waals surface area contributed by atoms with Gasteiger partial charge in [-0.2, -0.15) is 0 Å². The maximum Gasteiger partial charge on any atom is 0.315 e. The third-order valence-corrected chi connectivity index (χ3v) is 5.88. The smallest absolute Gasteiger partial charge is 0.315 e. The molecule has 1 aliphatic heterocycles. The summed E-state index contributed by atoms with van der Waals surface area (Å²) in [6.45, 7) is 27.8. The summed E-state index contributed by atoms with van der Waals surface area (Å²) in [4.78, 5) is 52.3. The van der Waals surface area contributed by atoms with Crippen LogP contribution in [0.15, 0.2) is 36.3 Å². The molecule has 41 heavy (non-hydrogen) atoms. The van der Waals surface area contributed by atoms with Crippen molar-refractivity contribution in [3.05, 3.63) is 36.3 Å². The normalized spacial score (nSPS) is 16.7. The molecule has 2 rings (SSSR count). The highest BCUT2D eigenvalue weighted by molar-refractivity contribution is 8.01. The molecule has 2 fully saturated rings. The van der Waals surface area contributed by atoms with E-state index in [1.165, 1.54) is 11.3 Å². The number of nitrogens with one attached hydrogen (secondary N) is 4. The Labute approximate surface area is 253 Å². The number of hydrogen-bond donors (Lipinski definition) is 4. The van der Waals surface area contributed by atoms with Crippen molar-refractivity contribution >= 4 is 35.7 Å². The van der Waals surface area contributed by atoms with Crippen molar-refractivity contribution in [2.75, 3.05) is 13.1 Å². The van der Waals surface area contributed by atoms with Crippen LogP contribution in [-0.4, -0.2) is 58.9 Å². The van der Waals surface area contributed by atoms with Crippen LogP contribution in [0.5, 0.6) is 0 Å². The van der Waals surface area contributed by atoms with Crippen LogP contribution in [-0.2, 0) is 14.4 Å². The maximum absolute atomic E-state index is 12.9. The van der Waals surface area contributed by atoms with Crippen LogP contribution < -0.4 is 20.7 Å². The lowest BCUT2D eigenvalue weighted by molar-refractivity contribution is -0.139. The first-order valence-electron chi connectivity index (χ1n) is 14.8. The van der Waals surface area contributed by atoms with E-state index in [4.69, 9.17) is 0 Å². The van der Waals surface area contributed by atoms with E-state index >= 15 is 0 Å². The molecule has 236 valence electrons. The summed E-state index contributed by atoms with van der Waals surface area (Å²) in [5.74, 6) is -0.135. The van der Waals surface area contributed by atoms with E-state index in [1.807, 2.05) is 34.6 Å². The highest BCUT2D eigenvalue weighted by atomic mass is 32.2. The SMILES string of the molecule is C=C/C=C(\C=C)SNC(=O)C1(NC(=O)C2CCCN2C(=O)CNC(=O)NC(C)(C)C)CC1.CC.CC(C)C.CCC. The Kier molecular flexibility index (Phi) is 20.7. The van der Waals surface area contributed by atoms with Gasteiger partial charge < -0.3 is 20.9 Å². The van der Waals surface area contributed by atoms with Crippen molar-refractivity contribution in [1.82, 2.24) is 25.6 Å². The van der Waals surface area contributed by atoms with Crippen molar-refractivity contribution in [2.45, 2.75) is 118 Å². The van der Waals surface area contributed by atoms with E-state index in [2.05, 4.69) is 68.4 Å². The van der Waals surface area contributed by atoms with Crippen molar-refractivity contribution < 1.29 is 19.2 Å². The Morgan fingerprint density at radius 3 is 2.05 bits per heavy atom. The van der Waals surface area contributed by atoms with E-state index in [-0.39, 0.29) is 24.3 Å². The number of carbonyl (C=O) groups excluding carboxylic acids is 4. The fraction of sp³-hybridized carbons (Fsp3) is 0.677. The zero-order valence-corrected chi connectivity index (χ0v) is 28.1. The second-order valence-electron chi connectivity index (χ2n) is 11.4. The van der Waals surface area contributed by atoms with Gasteiger partial charge in [0.15, 0.2) is 0 Å². The first-order chi connectivity index (χ1) is 19.2. The van der Waals surface area contributed by atoms with Crippen LogP contribution in [0, 0.1) is 5.92 Å². The average Bonchev–Trinajstić information content (AvgIpc) is 3.49. The summed E-state index contributed by atoms with van der Waals surface area (Å²) in [7, 11) is 0. The number of likely N-dealkylation sites (tertiary alicyclic amines) is 1. The third-order valence-electron chi connectivity index (χ3n) is 5.06. The van der Waals surface area contributed by atoms with Crippen LogP contribution in [0.2, 0.25) is 0 Å². The van der Waals surface area contributed by atoms with Crippen LogP contribution in [0.4, 0.5) is 4.79 Å². The molecule has 9 nitrogen and oxygen atoms in total. The second kappa shape index (κ2) is 21.0. The lowest BCUT2D eigenvalue weighted by Crippen LogP contribution is -2.55. The van der Waals surface area contributed by atoms with E-state index in [0.29, 0.717) is 32.2 Å². The number of carbonyl (C=O) groups is 4. The minimum absolute atomic E-state index is 0.200. The van der Waals surface area contributed by atoms with Crippen LogP contribution in [0.1, 0.15) is 101 Å². The number of hydrogen-bond acceptors (Lipinski definition) is 5. The van der Waals surface area contributed by atoms with Gasteiger partial charge in [0.2, 0.25) is 11.8 Å². The Morgan fingerprint density at radius 2 is 1.61 bits per heavy atom. The van der Waals surface area contributed by atoms with Gasteiger partial charge in [-0.15, -0.1) is 0 Å². The Balaban J connectivity index is 0. The van der Waals surface area contributed by atoms with Crippen molar-refractivity contribution in [3.8, 4) is 0 Å². The molecule has 0 aromatic heterocycles. The minimum atomic E-state index is -0.952. The van der Waals surface area contributed by atoms with Crippen molar-refractivity contribution in [1.29, 1.82) is 0 Å². The van der Waals surface area contributed by atoms with E-state index in [9.17, 15) is 19.2 Å². The van der Waals surface area contributed by atoms with Gasteiger partial charge in [0.05, 0.1) is 6.54 Å². The minimum Gasteiger partial charge on any atom is -0.340 e. The number of nitrogens with zero attached hydrogens (tertiary/aromatic N) is 1. The first kappa shape index (κ1) is 40.4. The standard InChI is InChI=1S/C22H33N5O4S.C4H10.C3H8.C2H6/c1-6-9-15(7-2)32-26-19(30)22(11-12-22)24-18(29)16-10-8-13-27(16)17(28)14-23-20(31)25-21(3,4)5;1-4(2)3;1-3-2;1-2/h6-7,9,16H,1-2,8,10-14H2,3-5H3,(H,24,29)(H,26,30)(H2,23,25,31);4H,1-3H3;3H2,1-2H3;1-2H3/b15-9+;;;. The molecular weight excluding hydrogens is 538 g/mol. The van der Waals surface area contributed by atoms with Gasteiger partial charge >= 0.3 is 6.03 Å². The molecule has 1 saturated heterocycles. The number of amides is 5. The molecule has 10 heteroatoms. The van der Waals surface area contributed by atoms with Crippen LogP contribution in [0.3, 0.4) is 0 Å². The highest BCUT2D eigenvalue weighted by Crippen LogP contribution is 2.37. The molecule has 1 unspecified atom stereocenters. The topological polar surface area (TPSA) is 120 Å². The molecule has 5 amide bonds. The monoisotopic (exact) mass is 595 g/mol. The molecule has 1 heterocycles. The molecule has 1 aliphatic carbocycles. The van der Waals surface area contributed by atoms with Gasteiger partial charge in [-0.3, -0.25) is 19.1 Å². The number of urea groups is 1. The summed E-state index contributed by atoms with van der Waals surface area (Å²) in [5, 5.41) is 8.10. The fourth-order valence-electron chi connectivity index (χ4n) is 3.30. The Bertz CT molecular complexity index is 873. The lowest BCUT2D eigenvalue weighted by Gasteiger charge is -2.27. The van der Waals surface area contributed by atoms with E-state index in [1.54, 1.807) is 18.2 Å². The van der Waals surface area contributed by atoms with Gasteiger partial charge in [0.1, 0.15) is 11.6 Å². The summed E-state index contributed by atoms with van der Waals surface area (Å²) in [6.07, 6.45) is 8.43. The zero-order chi connectivity index (χ0) is 32.2. The molecule has 2 aliphatic rings. The van der Waals surface area contributed by atoms with Crippen molar-refractivity contribution in [2.24, 2.45) is 5.92 Å². The van der Waals surface area contributed by atoms with Gasteiger partial charge in [0, 0.05) is 17.0 Å². The zero-order valence-electron chi connectivity index (χ0n) is 27.2. The lowest BCUT2D eigenvalue weighted by atomic mass is 10.1. The molecule has 4 N–H and O–H groups in total. The molecule has 1 saturated carbocycles. The quantitative estimate of drug-likeness (QED) is 0.197. The number of allylic oxidation sites excluding steroid dienone is 3. The Morgan fingerprint density at radius 1 is 1.07 bits per heavy atom. The Hall–Kier alpha value is -2.75. The second-order valence-corrected chi connectivity index (χ2v) is 12.2. The molecule has 1 atom stereocenters. The van der Waals surface area contributed by atoms with E-state index in [0.717, 1.165) is 22.8 Å².